The van der Waals surface area contributed by atoms with Crippen LogP contribution in [0.5, 0.6) is 0 Å². The minimum absolute atomic E-state index is 0.300. The Balaban J connectivity index is 1.37. The zero-order valence-electron chi connectivity index (χ0n) is 19.0. The summed E-state index contributed by atoms with van der Waals surface area (Å²) in [6, 6.07) is 19.9. The highest BCUT2D eigenvalue weighted by Crippen LogP contribution is 2.54. The fourth-order valence-corrected chi connectivity index (χ4v) is 6.32. The highest BCUT2D eigenvalue weighted by molar-refractivity contribution is 6.25. The number of hydrogen-bond donors (Lipinski definition) is 3. The molecule has 1 spiro atoms. The first kappa shape index (κ1) is 21.0. The van der Waals surface area contributed by atoms with E-state index in [0.29, 0.717) is 23.4 Å². The van der Waals surface area contributed by atoms with Gasteiger partial charge in [0.2, 0.25) is 17.7 Å². The predicted molar refractivity (Wildman–Crippen MR) is 132 cm³/mol. The second-order valence-corrected chi connectivity index (χ2v) is 9.61. The van der Waals surface area contributed by atoms with Crippen LogP contribution in [0.25, 0.3) is 10.9 Å². The maximum atomic E-state index is 13.9. The number of halogens is 1. The largest absolute Gasteiger partial charge is 0.361 e. The first-order valence-corrected chi connectivity index (χ1v) is 11.9. The number of amides is 3. The zero-order valence-corrected chi connectivity index (χ0v) is 19.0. The number of hydrogen-bond acceptors (Lipinski definition) is 4. The van der Waals surface area contributed by atoms with Gasteiger partial charge in [-0.05, 0) is 48.4 Å². The second kappa shape index (κ2) is 7.35. The van der Waals surface area contributed by atoms with Crippen LogP contribution in [0.3, 0.4) is 0 Å². The van der Waals surface area contributed by atoms with Gasteiger partial charge in [0.05, 0.1) is 17.5 Å². The summed E-state index contributed by atoms with van der Waals surface area (Å²) >= 11 is 0. The highest BCUT2D eigenvalue weighted by atomic mass is 19.1. The number of rotatable bonds is 3. The van der Waals surface area contributed by atoms with Gasteiger partial charge in [0.15, 0.2) is 0 Å². The van der Waals surface area contributed by atoms with Crippen molar-refractivity contribution in [2.75, 3.05) is 10.2 Å². The molecule has 2 fully saturated rings. The molecule has 3 aliphatic rings. The average molecular weight is 480 g/mol. The number of aromatic amines is 1. The monoisotopic (exact) mass is 480 g/mol. The molecule has 178 valence electrons. The van der Waals surface area contributed by atoms with Crippen molar-refractivity contribution < 1.29 is 18.8 Å². The van der Waals surface area contributed by atoms with Crippen LogP contribution in [0.15, 0.2) is 79.0 Å². The van der Waals surface area contributed by atoms with Crippen molar-refractivity contribution in [3.63, 3.8) is 0 Å². The maximum absolute atomic E-state index is 13.9. The Labute approximate surface area is 205 Å². The molecule has 0 bridgehead atoms. The van der Waals surface area contributed by atoms with Crippen LogP contribution in [-0.4, -0.2) is 28.7 Å². The van der Waals surface area contributed by atoms with Crippen molar-refractivity contribution in [1.29, 1.82) is 0 Å². The van der Waals surface area contributed by atoms with Gasteiger partial charge in [-0.3, -0.25) is 19.7 Å². The van der Waals surface area contributed by atoms with E-state index in [1.165, 1.54) is 24.3 Å². The number of carbonyl (C=O) groups is 3. The van der Waals surface area contributed by atoms with Gasteiger partial charge in [-0.25, -0.2) is 9.29 Å². The fraction of sp³-hybridized carbons (Fsp3) is 0.179. The van der Waals surface area contributed by atoms with Crippen LogP contribution in [0, 0.1) is 17.7 Å². The SMILES string of the molecule is O=C1[C@@H]2[C@H](Cc3c[nH]c4ccccc34)N[C@@]3(C(=O)Nc4ccccc43)[C@@H]2C(=O)N1c1ccc(F)cc1. The average Bonchev–Trinajstić information content (AvgIpc) is 3.59. The molecule has 0 radical (unpaired) electrons. The molecule has 8 heteroatoms. The summed E-state index contributed by atoms with van der Waals surface area (Å²) in [5.41, 5.74) is 2.18. The highest BCUT2D eigenvalue weighted by Gasteiger charge is 2.70. The van der Waals surface area contributed by atoms with E-state index in [1.54, 1.807) is 6.07 Å². The number of para-hydroxylation sites is 2. The molecule has 3 amide bonds. The van der Waals surface area contributed by atoms with E-state index in [-0.39, 0.29) is 11.8 Å². The van der Waals surface area contributed by atoms with Crippen LogP contribution >= 0.6 is 0 Å². The lowest BCUT2D eigenvalue weighted by atomic mass is 9.76. The second-order valence-electron chi connectivity index (χ2n) is 9.61. The third kappa shape index (κ3) is 2.67. The maximum Gasteiger partial charge on any atom is 0.250 e. The van der Waals surface area contributed by atoms with Crippen molar-refractivity contribution in [3.05, 3.63) is 95.9 Å². The molecule has 7 nitrogen and oxygen atoms in total. The predicted octanol–water partition coefficient (Wildman–Crippen LogP) is 3.47. The Kier molecular flexibility index (Phi) is 4.29. The molecule has 4 atom stereocenters. The van der Waals surface area contributed by atoms with E-state index >= 15 is 0 Å². The van der Waals surface area contributed by atoms with Crippen LogP contribution in [0.1, 0.15) is 11.1 Å². The topological polar surface area (TPSA) is 94.3 Å². The Morgan fingerprint density at radius 1 is 0.889 bits per heavy atom. The van der Waals surface area contributed by atoms with Crippen LogP contribution in [0.4, 0.5) is 15.8 Å². The van der Waals surface area contributed by atoms with E-state index < -0.39 is 35.1 Å². The van der Waals surface area contributed by atoms with Crippen molar-refractivity contribution in [2.24, 2.45) is 11.8 Å². The molecule has 4 heterocycles. The number of benzene rings is 3. The molecule has 0 saturated carbocycles. The molecule has 1 aromatic heterocycles. The van der Waals surface area contributed by atoms with Gasteiger partial charge in [-0.2, -0.15) is 0 Å². The van der Waals surface area contributed by atoms with Crippen molar-refractivity contribution in [3.8, 4) is 0 Å². The first-order chi connectivity index (χ1) is 17.5. The molecule has 3 N–H and O–H groups in total. The molecule has 3 aromatic carbocycles. The van der Waals surface area contributed by atoms with Crippen LogP contribution in [0.2, 0.25) is 0 Å². The number of aromatic nitrogens is 1. The normalized spacial score (nSPS) is 26.6. The lowest BCUT2D eigenvalue weighted by Gasteiger charge is -2.29. The van der Waals surface area contributed by atoms with E-state index in [4.69, 9.17) is 0 Å². The molecule has 0 unspecified atom stereocenters. The van der Waals surface area contributed by atoms with Crippen LogP contribution < -0.4 is 15.5 Å². The lowest BCUT2D eigenvalue weighted by Crippen LogP contribution is -2.53. The number of anilines is 2. The van der Waals surface area contributed by atoms with Gasteiger partial charge in [-0.15, -0.1) is 0 Å². The van der Waals surface area contributed by atoms with Gasteiger partial charge in [-0.1, -0.05) is 36.4 Å². The zero-order chi connectivity index (χ0) is 24.6. The molecule has 36 heavy (non-hydrogen) atoms. The van der Waals surface area contributed by atoms with E-state index in [0.717, 1.165) is 21.4 Å². The van der Waals surface area contributed by atoms with Crippen LogP contribution in [-0.2, 0) is 26.3 Å². The summed E-state index contributed by atoms with van der Waals surface area (Å²) in [5.74, 6) is -3.36. The first-order valence-electron chi connectivity index (χ1n) is 11.9. The Morgan fingerprint density at radius 3 is 2.47 bits per heavy atom. The van der Waals surface area contributed by atoms with Gasteiger partial charge < -0.3 is 10.3 Å². The molecule has 7 rings (SSSR count). The van der Waals surface area contributed by atoms with Crippen molar-refractivity contribution in [1.82, 2.24) is 10.3 Å². The summed E-state index contributed by atoms with van der Waals surface area (Å²) < 4.78 is 13.6. The molecular formula is C28H21FN4O3. The van der Waals surface area contributed by atoms with Crippen molar-refractivity contribution >= 4 is 40.0 Å². The smallest absolute Gasteiger partial charge is 0.250 e. The molecule has 3 aliphatic heterocycles. The van der Waals surface area contributed by atoms with Gasteiger partial charge >= 0.3 is 0 Å². The number of carbonyl (C=O) groups excluding carboxylic acids is 3. The minimum atomic E-state index is -1.38. The summed E-state index contributed by atoms with van der Waals surface area (Å²) in [5, 5.41) is 7.40. The lowest BCUT2D eigenvalue weighted by molar-refractivity contribution is -0.130. The standard InChI is InChI=1S/C28H21FN4O3/c29-16-9-11-17(12-10-16)33-25(34)23-22(13-15-14-30-20-7-3-1-5-18(15)20)32-28(24(23)26(33)35)19-6-2-4-8-21(19)31-27(28)36/h1-12,14,22-24,30,32H,13H2,(H,31,36)/t22-,23+,24-,28+/m0/s1. The number of nitrogens with one attached hydrogen (secondary N) is 3. The third-order valence-electron chi connectivity index (χ3n) is 7.82. The fourth-order valence-electron chi connectivity index (χ4n) is 6.32. The minimum Gasteiger partial charge on any atom is -0.361 e. The number of fused-ring (bicyclic) bond motifs is 5. The third-order valence-corrected chi connectivity index (χ3v) is 7.82. The summed E-state index contributed by atoms with van der Waals surface area (Å²) in [4.78, 5) is 45.8. The van der Waals surface area contributed by atoms with Crippen molar-refractivity contribution in [2.45, 2.75) is 18.0 Å². The number of H-pyrrole nitrogens is 1. The van der Waals surface area contributed by atoms with E-state index in [9.17, 15) is 18.8 Å². The van der Waals surface area contributed by atoms with E-state index in [2.05, 4.69) is 15.6 Å². The number of imide groups is 1. The summed E-state index contributed by atoms with van der Waals surface area (Å²) in [6.07, 6.45) is 2.35. The molecule has 0 aliphatic carbocycles. The van der Waals surface area contributed by atoms with Gasteiger partial charge in [0.1, 0.15) is 11.4 Å². The molecule has 4 aromatic rings. The summed E-state index contributed by atoms with van der Waals surface area (Å²) in [6.45, 7) is 0. The Bertz CT molecular complexity index is 1580. The quantitative estimate of drug-likeness (QED) is 0.392. The summed E-state index contributed by atoms with van der Waals surface area (Å²) in [7, 11) is 0. The van der Waals surface area contributed by atoms with Gasteiger partial charge in [0.25, 0.3) is 0 Å². The molecular weight excluding hydrogens is 459 g/mol. The Hall–Kier alpha value is -4.30. The van der Waals surface area contributed by atoms with E-state index in [1.807, 2.05) is 48.7 Å². The van der Waals surface area contributed by atoms with Gasteiger partial charge in [0, 0.05) is 34.4 Å². The molecule has 2 saturated heterocycles. The Morgan fingerprint density at radius 2 is 1.64 bits per heavy atom. The number of nitrogens with zero attached hydrogens (tertiary/aromatic N) is 1.